The predicted molar refractivity (Wildman–Crippen MR) is 85.1 cm³/mol. The van der Waals surface area contributed by atoms with Crippen LogP contribution in [0.1, 0.15) is 44.2 Å². The van der Waals surface area contributed by atoms with Gasteiger partial charge in [0.2, 0.25) is 0 Å². The van der Waals surface area contributed by atoms with Crippen molar-refractivity contribution < 1.29 is 0 Å². The zero-order valence-electron chi connectivity index (χ0n) is 13.0. The molecule has 0 radical (unpaired) electrons. The third-order valence-corrected chi connectivity index (χ3v) is 5.03. The molecule has 110 valence electrons. The van der Waals surface area contributed by atoms with Gasteiger partial charge in [-0.2, -0.15) is 0 Å². The second kappa shape index (κ2) is 5.87. The highest BCUT2D eigenvalue weighted by Crippen LogP contribution is 2.59. The first-order chi connectivity index (χ1) is 9.66. The molecule has 0 heterocycles. The lowest BCUT2D eigenvalue weighted by atomic mass is 9.92. The Bertz CT molecular complexity index is 454. The molecule has 2 nitrogen and oxygen atoms in total. The van der Waals surface area contributed by atoms with Crippen LogP contribution in [0.2, 0.25) is 0 Å². The van der Waals surface area contributed by atoms with Crippen LogP contribution in [0.3, 0.4) is 0 Å². The maximum Gasteiger partial charge on any atom is 0.0164 e. The van der Waals surface area contributed by atoms with Crippen LogP contribution in [-0.4, -0.2) is 25.2 Å². The first-order valence-electron chi connectivity index (χ1n) is 8.21. The average molecular weight is 272 g/mol. The molecule has 1 aromatic carbocycles. The summed E-state index contributed by atoms with van der Waals surface area (Å²) in [5.41, 5.74) is 3.24. The topological polar surface area (TPSA) is 24.1 Å². The molecular weight excluding hydrogens is 244 g/mol. The Kier molecular flexibility index (Phi) is 4.13. The Hall–Kier alpha value is -0.860. The fourth-order valence-electron chi connectivity index (χ4n) is 3.81. The Labute approximate surface area is 123 Å². The summed E-state index contributed by atoms with van der Waals surface area (Å²) < 4.78 is 0. The summed E-state index contributed by atoms with van der Waals surface area (Å²) >= 11 is 0. The molecule has 0 spiro atoms. The van der Waals surface area contributed by atoms with Gasteiger partial charge in [-0.25, -0.2) is 0 Å². The number of fused-ring (bicyclic) bond motifs is 3. The molecule has 0 aromatic heterocycles. The van der Waals surface area contributed by atoms with E-state index in [0.29, 0.717) is 12.1 Å². The summed E-state index contributed by atoms with van der Waals surface area (Å²) in [6.07, 6.45) is 2.69. The smallest absolute Gasteiger partial charge is 0.0164 e. The monoisotopic (exact) mass is 272 g/mol. The number of aryl methyl sites for hydroxylation is 1. The van der Waals surface area contributed by atoms with Crippen LogP contribution in [0.15, 0.2) is 24.3 Å². The molecule has 2 N–H and O–H groups in total. The molecule has 1 aromatic rings. The number of hydrogen-bond donors (Lipinski definition) is 2. The molecule has 4 unspecified atom stereocenters. The Balaban J connectivity index is 1.50. The standard InChI is InChI=1S/C18H28N2/c1-12(2)19-10-13(3)20-11-17-16-9-8-14-6-4-5-7-15(14)18(16)17/h4-7,12-13,16-20H,8-11H2,1-3H3. The lowest BCUT2D eigenvalue weighted by molar-refractivity contribution is 0.457. The molecule has 3 rings (SSSR count). The predicted octanol–water partition coefficient (Wildman–Crippen LogP) is 2.94. The summed E-state index contributed by atoms with van der Waals surface area (Å²) in [5, 5.41) is 7.23. The van der Waals surface area contributed by atoms with Crippen molar-refractivity contribution >= 4 is 0 Å². The summed E-state index contributed by atoms with van der Waals surface area (Å²) in [6, 6.07) is 10.2. The van der Waals surface area contributed by atoms with Gasteiger partial charge in [0.25, 0.3) is 0 Å². The van der Waals surface area contributed by atoms with Crippen molar-refractivity contribution in [2.75, 3.05) is 13.1 Å². The summed E-state index contributed by atoms with van der Waals surface area (Å²) in [4.78, 5) is 0. The van der Waals surface area contributed by atoms with Gasteiger partial charge in [-0.15, -0.1) is 0 Å². The SMILES string of the molecule is CC(C)NCC(C)NCC1C2CCc3ccccc3C21. The van der Waals surface area contributed by atoms with Gasteiger partial charge in [-0.1, -0.05) is 38.1 Å². The fourth-order valence-corrected chi connectivity index (χ4v) is 3.81. The molecular formula is C18H28N2. The van der Waals surface area contributed by atoms with Gasteiger partial charge >= 0.3 is 0 Å². The number of nitrogens with one attached hydrogen (secondary N) is 2. The molecule has 2 aliphatic carbocycles. The molecule has 0 bridgehead atoms. The van der Waals surface area contributed by atoms with E-state index >= 15 is 0 Å². The van der Waals surface area contributed by atoms with Crippen LogP contribution >= 0.6 is 0 Å². The highest BCUT2D eigenvalue weighted by atomic mass is 15.0. The van der Waals surface area contributed by atoms with Gasteiger partial charge in [0.15, 0.2) is 0 Å². The molecule has 0 amide bonds. The van der Waals surface area contributed by atoms with Gasteiger partial charge in [-0.05, 0) is 55.2 Å². The summed E-state index contributed by atoms with van der Waals surface area (Å²) in [7, 11) is 0. The van der Waals surface area contributed by atoms with E-state index in [4.69, 9.17) is 0 Å². The van der Waals surface area contributed by atoms with Crippen molar-refractivity contribution in [3.05, 3.63) is 35.4 Å². The number of hydrogen-bond acceptors (Lipinski definition) is 2. The van der Waals surface area contributed by atoms with E-state index < -0.39 is 0 Å². The van der Waals surface area contributed by atoms with Crippen molar-refractivity contribution in [3.63, 3.8) is 0 Å². The summed E-state index contributed by atoms with van der Waals surface area (Å²) in [5.74, 6) is 2.67. The van der Waals surface area contributed by atoms with E-state index in [0.717, 1.165) is 24.3 Å². The quantitative estimate of drug-likeness (QED) is 0.832. The van der Waals surface area contributed by atoms with Crippen molar-refractivity contribution in [2.45, 2.75) is 51.6 Å². The molecule has 20 heavy (non-hydrogen) atoms. The Morgan fingerprint density at radius 3 is 2.75 bits per heavy atom. The van der Waals surface area contributed by atoms with Crippen molar-refractivity contribution in [1.29, 1.82) is 0 Å². The van der Waals surface area contributed by atoms with Crippen LogP contribution < -0.4 is 10.6 Å². The highest BCUT2D eigenvalue weighted by Gasteiger charge is 2.52. The molecule has 0 saturated heterocycles. The van der Waals surface area contributed by atoms with Crippen molar-refractivity contribution in [1.82, 2.24) is 10.6 Å². The van der Waals surface area contributed by atoms with E-state index in [1.54, 1.807) is 11.1 Å². The first kappa shape index (κ1) is 14.1. The lowest BCUT2D eigenvalue weighted by Gasteiger charge is -2.16. The van der Waals surface area contributed by atoms with E-state index in [1.807, 2.05) is 0 Å². The molecule has 0 aliphatic heterocycles. The van der Waals surface area contributed by atoms with Crippen molar-refractivity contribution in [3.8, 4) is 0 Å². The average Bonchev–Trinajstić information content (AvgIpc) is 3.17. The first-order valence-corrected chi connectivity index (χ1v) is 8.21. The highest BCUT2D eigenvalue weighted by molar-refractivity contribution is 5.39. The second-order valence-corrected chi connectivity index (χ2v) is 6.96. The van der Waals surface area contributed by atoms with E-state index in [1.165, 1.54) is 19.4 Å². The fraction of sp³-hybridized carbons (Fsp3) is 0.667. The van der Waals surface area contributed by atoms with Crippen LogP contribution in [-0.2, 0) is 6.42 Å². The van der Waals surface area contributed by atoms with Crippen LogP contribution in [0.25, 0.3) is 0 Å². The third kappa shape index (κ3) is 2.91. The lowest BCUT2D eigenvalue weighted by Crippen LogP contribution is -2.39. The molecule has 1 saturated carbocycles. The normalized spacial score (nSPS) is 28.9. The minimum absolute atomic E-state index is 0.565. The second-order valence-electron chi connectivity index (χ2n) is 6.96. The third-order valence-electron chi connectivity index (χ3n) is 5.03. The maximum atomic E-state index is 3.72. The largest absolute Gasteiger partial charge is 0.313 e. The van der Waals surface area contributed by atoms with Crippen LogP contribution in [0.5, 0.6) is 0 Å². The van der Waals surface area contributed by atoms with Crippen LogP contribution in [0, 0.1) is 11.8 Å². The van der Waals surface area contributed by atoms with Crippen LogP contribution in [0.4, 0.5) is 0 Å². The zero-order chi connectivity index (χ0) is 14.1. The minimum atomic E-state index is 0.565. The number of rotatable bonds is 6. The maximum absolute atomic E-state index is 3.72. The Morgan fingerprint density at radius 2 is 1.95 bits per heavy atom. The van der Waals surface area contributed by atoms with Crippen molar-refractivity contribution in [2.24, 2.45) is 11.8 Å². The van der Waals surface area contributed by atoms with Gasteiger partial charge in [0.05, 0.1) is 0 Å². The van der Waals surface area contributed by atoms with E-state index in [2.05, 4.69) is 55.7 Å². The number of benzene rings is 1. The molecule has 2 aliphatic rings. The minimum Gasteiger partial charge on any atom is -0.313 e. The molecule has 2 heteroatoms. The van der Waals surface area contributed by atoms with E-state index in [-0.39, 0.29) is 0 Å². The molecule has 4 atom stereocenters. The molecule has 1 fully saturated rings. The zero-order valence-corrected chi connectivity index (χ0v) is 13.0. The van der Waals surface area contributed by atoms with Gasteiger partial charge in [0, 0.05) is 18.6 Å². The Morgan fingerprint density at radius 1 is 1.15 bits per heavy atom. The van der Waals surface area contributed by atoms with Gasteiger partial charge in [0.1, 0.15) is 0 Å². The van der Waals surface area contributed by atoms with E-state index in [9.17, 15) is 0 Å². The van der Waals surface area contributed by atoms with Gasteiger partial charge < -0.3 is 10.6 Å². The van der Waals surface area contributed by atoms with Gasteiger partial charge in [-0.3, -0.25) is 0 Å². The summed E-state index contributed by atoms with van der Waals surface area (Å²) in [6.45, 7) is 8.95.